The first-order valence-electron chi connectivity index (χ1n) is 8.36. The molecule has 0 saturated carbocycles. The molecule has 0 saturated heterocycles. The Balaban J connectivity index is 1.83. The molecule has 0 aliphatic carbocycles. The highest BCUT2D eigenvalue weighted by atomic mass is 32.2. The van der Waals surface area contributed by atoms with E-state index in [4.69, 9.17) is 0 Å². The standard InChI is InChI=1S/C19H24FN3O2S/c1-21-19(23(2)15-16-8-6-9-17(20)14-16)22-12-7-13-26(24,25)18-10-4-3-5-11-18/h3-6,8-11,14H,7,12-13,15H2,1-2H3,(H,21,22). The summed E-state index contributed by atoms with van der Waals surface area (Å²) < 4.78 is 37.8. The summed E-state index contributed by atoms with van der Waals surface area (Å²) in [4.78, 5) is 6.39. The van der Waals surface area contributed by atoms with E-state index in [0.717, 1.165) is 5.56 Å². The topological polar surface area (TPSA) is 61.8 Å². The number of hydrogen-bond donors (Lipinski definition) is 1. The summed E-state index contributed by atoms with van der Waals surface area (Å²) >= 11 is 0. The lowest BCUT2D eigenvalue weighted by Crippen LogP contribution is -2.39. The molecule has 0 spiro atoms. The van der Waals surface area contributed by atoms with E-state index in [-0.39, 0.29) is 11.6 Å². The van der Waals surface area contributed by atoms with Crippen LogP contribution in [0.4, 0.5) is 4.39 Å². The Labute approximate surface area is 154 Å². The average molecular weight is 377 g/mol. The maximum atomic E-state index is 13.3. The number of sulfone groups is 1. The maximum Gasteiger partial charge on any atom is 0.193 e. The van der Waals surface area contributed by atoms with Crippen LogP contribution in [-0.2, 0) is 16.4 Å². The third-order valence-corrected chi connectivity index (χ3v) is 5.67. The average Bonchev–Trinajstić information content (AvgIpc) is 2.62. The number of hydrogen-bond acceptors (Lipinski definition) is 3. The second-order valence-electron chi connectivity index (χ2n) is 5.95. The molecule has 0 fully saturated rings. The first-order valence-corrected chi connectivity index (χ1v) is 10.0. The lowest BCUT2D eigenvalue weighted by atomic mass is 10.2. The van der Waals surface area contributed by atoms with Crippen molar-refractivity contribution in [2.75, 3.05) is 26.4 Å². The van der Waals surface area contributed by atoms with Gasteiger partial charge in [-0.1, -0.05) is 30.3 Å². The van der Waals surface area contributed by atoms with Crippen LogP contribution in [0.2, 0.25) is 0 Å². The molecule has 5 nitrogen and oxygen atoms in total. The molecule has 2 aromatic carbocycles. The molecule has 0 aromatic heterocycles. The molecule has 7 heteroatoms. The van der Waals surface area contributed by atoms with Crippen LogP contribution < -0.4 is 5.32 Å². The number of rotatable bonds is 7. The van der Waals surface area contributed by atoms with E-state index in [1.807, 2.05) is 18.0 Å². The van der Waals surface area contributed by atoms with Gasteiger partial charge in [-0.3, -0.25) is 4.99 Å². The van der Waals surface area contributed by atoms with Crippen LogP contribution in [0.3, 0.4) is 0 Å². The summed E-state index contributed by atoms with van der Waals surface area (Å²) in [7, 11) is 0.232. The van der Waals surface area contributed by atoms with Gasteiger partial charge in [0.25, 0.3) is 0 Å². The fourth-order valence-corrected chi connectivity index (χ4v) is 3.91. The summed E-state index contributed by atoms with van der Waals surface area (Å²) in [5, 5.41) is 3.15. The minimum Gasteiger partial charge on any atom is -0.356 e. The van der Waals surface area contributed by atoms with Crippen molar-refractivity contribution >= 4 is 15.8 Å². The Morgan fingerprint density at radius 2 is 1.88 bits per heavy atom. The molecule has 0 heterocycles. The molecule has 0 bridgehead atoms. The van der Waals surface area contributed by atoms with Crippen molar-refractivity contribution in [3.05, 3.63) is 66.0 Å². The molecule has 0 radical (unpaired) electrons. The van der Waals surface area contributed by atoms with Gasteiger partial charge in [-0.05, 0) is 36.2 Å². The van der Waals surface area contributed by atoms with Gasteiger partial charge in [-0.2, -0.15) is 0 Å². The van der Waals surface area contributed by atoms with E-state index < -0.39 is 9.84 Å². The zero-order chi connectivity index (χ0) is 19.0. The minimum atomic E-state index is -3.27. The molecular formula is C19H24FN3O2S. The highest BCUT2D eigenvalue weighted by Crippen LogP contribution is 2.11. The van der Waals surface area contributed by atoms with Crippen molar-refractivity contribution in [1.29, 1.82) is 0 Å². The molecule has 0 aliphatic heterocycles. The van der Waals surface area contributed by atoms with Crippen molar-refractivity contribution in [3.63, 3.8) is 0 Å². The largest absolute Gasteiger partial charge is 0.356 e. The Bertz CT molecular complexity index is 839. The van der Waals surface area contributed by atoms with Crippen LogP contribution in [0, 0.1) is 5.82 Å². The minimum absolute atomic E-state index is 0.0641. The third-order valence-electron chi connectivity index (χ3n) is 3.86. The molecule has 0 unspecified atom stereocenters. The van der Waals surface area contributed by atoms with Crippen molar-refractivity contribution in [1.82, 2.24) is 10.2 Å². The van der Waals surface area contributed by atoms with Gasteiger partial charge in [0.1, 0.15) is 5.82 Å². The van der Waals surface area contributed by atoms with Gasteiger partial charge >= 0.3 is 0 Å². The van der Waals surface area contributed by atoms with E-state index in [2.05, 4.69) is 10.3 Å². The first kappa shape index (κ1) is 19.9. The molecule has 0 amide bonds. The Morgan fingerprint density at radius 3 is 2.54 bits per heavy atom. The summed E-state index contributed by atoms with van der Waals surface area (Å²) in [6.07, 6.45) is 0.462. The molecule has 0 aliphatic rings. The fourth-order valence-electron chi connectivity index (χ4n) is 2.58. The summed E-state index contributed by atoms with van der Waals surface area (Å²) in [5.74, 6) is 0.422. The van der Waals surface area contributed by atoms with Gasteiger partial charge in [-0.25, -0.2) is 12.8 Å². The quantitative estimate of drug-likeness (QED) is 0.458. The summed E-state index contributed by atoms with van der Waals surface area (Å²) in [5.41, 5.74) is 0.835. The third kappa shape index (κ3) is 5.84. The number of aliphatic imine (C=N–C) groups is 1. The molecule has 0 atom stereocenters. The monoisotopic (exact) mass is 377 g/mol. The number of nitrogens with zero attached hydrogens (tertiary/aromatic N) is 2. The van der Waals surface area contributed by atoms with Gasteiger partial charge in [0.15, 0.2) is 15.8 Å². The van der Waals surface area contributed by atoms with Gasteiger partial charge < -0.3 is 10.2 Å². The van der Waals surface area contributed by atoms with E-state index >= 15 is 0 Å². The van der Waals surface area contributed by atoms with Crippen molar-refractivity contribution in [3.8, 4) is 0 Å². The zero-order valence-electron chi connectivity index (χ0n) is 15.0. The predicted molar refractivity (Wildman–Crippen MR) is 102 cm³/mol. The molecule has 2 rings (SSSR count). The SMILES string of the molecule is CN=C(NCCCS(=O)(=O)c1ccccc1)N(C)Cc1cccc(F)c1. The maximum absolute atomic E-state index is 13.3. The Morgan fingerprint density at radius 1 is 1.15 bits per heavy atom. The van der Waals surface area contributed by atoms with Gasteiger partial charge in [0.05, 0.1) is 10.6 Å². The molecule has 26 heavy (non-hydrogen) atoms. The normalized spacial score (nSPS) is 12.0. The lowest BCUT2D eigenvalue weighted by Gasteiger charge is -2.22. The van der Waals surface area contributed by atoms with E-state index in [1.54, 1.807) is 43.4 Å². The van der Waals surface area contributed by atoms with Crippen LogP contribution in [0.15, 0.2) is 64.5 Å². The number of nitrogens with one attached hydrogen (secondary N) is 1. The number of guanidine groups is 1. The van der Waals surface area contributed by atoms with E-state index in [9.17, 15) is 12.8 Å². The predicted octanol–water partition coefficient (Wildman–Crippen LogP) is 2.70. The number of benzene rings is 2. The van der Waals surface area contributed by atoms with Crippen molar-refractivity contribution in [2.24, 2.45) is 4.99 Å². The van der Waals surface area contributed by atoms with Crippen molar-refractivity contribution in [2.45, 2.75) is 17.9 Å². The second kappa shape index (κ2) is 9.33. The van der Waals surface area contributed by atoms with Crippen LogP contribution >= 0.6 is 0 Å². The second-order valence-corrected chi connectivity index (χ2v) is 8.05. The summed E-state index contributed by atoms with van der Waals surface area (Å²) in [6, 6.07) is 14.8. The Hall–Kier alpha value is -2.41. The van der Waals surface area contributed by atoms with Crippen molar-refractivity contribution < 1.29 is 12.8 Å². The van der Waals surface area contributed by atoms with Crippen LogP contribution in [-0.4, -0.2) is 45.7 Å². The van der Waals surface area contributed by atoms with Crippen LogP contribution in [0.25, 0.3) is 0 Å². The molecule has 140 valence electrons. The summed E-state index contributed by atoms with van der Waals surface area (Å²) in [6.45, 7) is 0.978. The van der Waals surface area contributed by atoms with Gasteiger partial charge in [0.2, 0.25) is 0 Å². The smallest absolute Gasteiger partial charge is 0.193 e. The van der Waals surface area contributed by atoms with E-state index in [0.29, 0.717) is 30.4 Å². The Kier molecular flexibility index (Phi) is 7.15. The van der Waals surface area contributed by atoms with Crippen LogP contribution in [0.1, 0.15) is 12.0 Å². The van der Waals surface area contributed by atoms with Gasteiger partial charge in [-0.15, -0.1) is 0 Å². The number of halogens is 1. The van der Waals surface area contributed by atoms with Gasteiger partial charge in [0, 0.05) is 27.2 Å². The lowest BCUT2D eigenvalue weighted by molar-refractivity contribution is 0.474. The molecule has 2 aromatic rings. The fraction of sp³-hybridized carbons (Fsp3) is 0.316. The zero-order valence-corrected chi connectivity index (χ0v) is 15.8. The van der Waals surface area contributed by atoms with Crippen LogP contribution in [0.5, 0.6) is 0 Å². The molecule has 1 N–H and O–H groups in total. The highest BCUT2D eigenvalue weighted by Gasteiger charge is 2.13. The van der Waals surface area contributed by atoms with E-state index in [1.165, 1.54) is 12.1 Å². The highest BCUT2D eigenvalue weighted by molar-refractivity contribution is 7.91. The molecular weight excluding hydrogens is 353 g/mol. The first-order chi connectivity index (χ1) is 12.4.